The molecule has 0 amide bonds. The number of nitrogens with zero attached hydrogens (tertiary/aromatic N) is 2. The van der Waals surface area contributed by atoms with Crippen molar-refractivity contribution in [1.29, 1.82) is 10.5 Å². The fourth-order valence-corrected chi connectivity index (χ4v) is 2.46. The summed E-state index contributed by atoms with van der Waals surface area (Å²) in [5, 5.41) is 18.3. The number of rotatable bonds is 4. The molecule has 0 aliphatic carbocycles. The molecule has 0 bridgehead atoms. The van der Waals surface area contributed by atoms with Crippen LogP contribution in [0.1, 0.15) is 22.3 Å². The largest absolute Gasteiger partial charge is 0.456 e. The fraction of sp³-hybridized carbons (Fsp3) is 0.0476. The molecule has 3 nitrogen and oxygen atoms in total. The monoisotopic (exact) mass is 310 g/mol. The number of hydrogen-bond acceptors (Lipinski definition) is 3. The van der Waals surface area contributed by atoms with Crippen molar-refractivity contribution in [2.75, 3.05) is 0 Å². The van der Waals surface area contributed by atoms with Crippen LogP contribution in [0, 0.1) is 22.7 Å². The van der Waals surface area contributed by atoms with Crippen molar-refractivity contribution in [1.82, 2.24) is 0 Å². The SMILES string of the molecule is N#Cc1cccc(Oc2ccc(Cc3ccccc3)cc2)c1C#N. The Morgan fingerprint density at radius 3 is 2.08 bits per heavy atom. The highest BCUT2D eigenvalue weighted by Crippen LogP contribution is 2.27. The van der Waals surface area contributed by atoms with Crippen LogP contribution in [0.25, 0.3) is 0 Å². The van der Waals surface area contributed by atoms with Gasteiger partial charge in [0.1, 0.15) is 29.2 Å². The number of nitriles is 2. The van der Waals surface area contributed by atoms with Crippen LogP contribution in [-0.2, 0) is 6.42 Å². The molecule has 0 aromatic heterocycles. The van der Waals surface area contributed by atoms with E-state index in [0.29, 0.717) is 17.1 Å². The predicted octanol–water partition coefficient (Wildman–Crippen LogP) is 4.81. The molecule has 0 N–H and O–H groups in total. The topological polar surface area (TPSA) is 56.8 Å². The molecule has 114 valence electrons. The molecule has 0 aliphatic rings. The summed E-state index contributed by atoms with van der Waals surface area (Å²) in [6, 6.07) is 27.0. The Balaban J connectivity index is 1.78. The first-order valence-electron chi connectivity index (χ1n) is 7.54. The first-order valence-corrected chi connectivity index (χ1v) is 7.54. The van der Waals surface area contributed by atoms with E-state index in [1.165, 1.54) is 11.1 Å². The molecule has 0 heterocycles. The Labute approximate surface area is 141 Å². The summed E-state index contributed by atoms with van der Waals surface area (Å²) in [5.41, 5.74) is 3.00. The lowest BCUT2D eigenvalue weighted by Gasteiger charge is -2.09. The molecular weight excluding hydrogens is 296 g/mol. The van der Waals surface area contributed by atoms with Gasteiger partial charge in [0.15, 0.2) is 0 Å². The highest BCUT2D eigenvalue weighted by atomic mass is 16.5. The van der Waals surface area contributed by atoms with Gasteiger partial charge in [0, 0.05) is 0 Å². The minimum Gasteiger partial charge on any atom is -0.456 e. The van der Waals surface area contributed by atoms with E-state index in [9.17, 15) is 5.26 Å². The maximum Gasteiger partial charge on any atom is 0.146 e. The Kier molecular flexibility index (Phi) is 4.56. The smallest absolute Gasteiger partial charge is 0.146 e. The second-order valence-corrected chi connectivity index (χ2v) is 5.31. The third kappa shape index (κ3) is 3.43. The molecule has 0 fully saturated rings. The van der Waals surface area contributed by atoms with Crippen molar-refractivity contribution in [2.45, 2.75) is 6.42 Å². The lowest BCUT2D eigenvalue weighted by Crippen LogP contribution is -1.92. The molecule has 3 aromatic rings. The van der Waals surface area contributed by atoms with Crippen molar-refractivity contribution in [3.63, 3.8) is 0 Å². The van der Waals surface area contributed by atoms with E-state index in [-0.39, 0.29) is 5.56 Å². The van der Waals surface area contributed by atoms with Gasteiger partial charge in [-0.05, 0) is 41.8 Å². The average molecular weight is 310 g/mol. The first-order chi connectivity index (χ1) is 11.8. The van der Waals surface area contributed by atoms with E-state index in [1.54, 1.807) is 18.2 Å². The van der Waals surface area contributed by atoms with Crippen molar-refractivity contribution in [3.05, 3.63) is 95.1 Å². The van der Waals surface area contributed by atoms with Gasteiger partial charge < -0.3 is 4.74 Å². The molecular formula is C21H14N2O. The Bertz CT molecular complexity index is 917. The van der Waals surface area contributed by atoms with E-state index in [2.05, 4.69) is 12.1 Å². The van der Waals surface area contributed by atoms with Crippen molar-refractivity contribution >= 4 is 0 Å². The van der Waals surface area contributed by atoms with Crippen LogP contribution in [-0.4, -0.2) is 0 Å². The summed E-state index contributed by atoms with van der Waals surface area (Å²) in [6.45, 7) is 0. The van der Waals surface area contributed by atoms with E-state index >= 15 is 0 Å². The summed E-state index contributed by atoms with van der Waals surface area (Å²) in [7, 11) is 0. The van der Waals surface area contributed by atoms with Crippen LogP contribution in [0.4, 0.5) is 0 Å². The molecule has 0 saturated heterocycles. The second kappa shape index (κ2) is 7.13. The van der Waals surface area contributed by atoms with Crippen LogP contribution < -0.4 is 4.74 Å². The van der Waals surface area contributed by atoms with E-state index < -0.39 is 0 Å². The summed E-state index contributed by atoms with van der Waals surface area (Å²) in [6.07, 6.45) is 0.856. The molecule has 3 heteroatoms. The maximum absolute atomic E-state index is 9.24. The van der Waals surface area contributed by atoms with Crippen molar-refractivity contribution < 1.29 is 4.74 Å². The molecule has 0 unspecified atom stereocenters. The minimum atomic E-state index is 0.258. The lowest BCUT2D eigenvalue weighted by atomic mass is 10.1. The number of benzene rings is 3. The molecule has 24 heavy (non-hydrogen) atoms. The van der Waals surface area contributed by atoms with Crippen LogP contribution in [0.3, 0.4) is 0 Å². The van der Waals surface area contributed by atoms with Crippen LogP contribution >= 0.6 is 0 Å². The predicted molar refractivity (Wildman–Crippen MR) is 91.6 cm³/mol. The maximum atomic E-state index is 9.24. The van der Waals surface area contributed by atoms with Crippen molar-refractivity contribution in [2.24, 2.45) is 0 Å². The number of hydrogen-bond donors (Lipinski definition) is 0. The lowest BCUT2D eigenvalue weighted by molar-refractivity contribution is 0.480. The van der Waals surface area contributed by atoms with Crippen LogP contribution in [0.5, 0.6) is 11.5 Å². The van der Waals surface area contributed by atoms with Crippen LogP contribution in [0.2, 0.25) is 0 Å². The molecule has 0 saturated carbocycles. The van der Waals surface area contributed by atoms with Gasteiger partial charge in [-0.15, -0.1) is 0 Å². The van der Waals surface area contributed by atoms with Gasteiger partial charge >= 0.3 is 0 Å². The van der Waals surface area contributed by atoms with Gasteiger partial charge in [-0.25, -0.2) is 0 Å². The standard InChI is InChI=1S/C21H14N2O/c22-14-18-7-4-8-21(20(18)15-23)24-19-11-9-17(10-12-19)13-16-5-2-1-3-6-16/h1-12H,13H2. The zero-order valence-electron chi connectivity index (χ0n) is 12.9. The van der Waals surface area contributed by atoms with Gasteiger partial charge in [0.05, 0.1) is 5.56 Å². The van der Waals surface area contributed by atoms with E-state index in [0.717, 1.165) is 6.42 Å². The minimum absolute atomic E-state index is 0.258. The van der Waals surface area contributed by atoms with Crippen LogP contribution in [0.15, 0.2) is 72.8 Å². The van der Waals surface area contributed by atoms with Gasteiger partial charge in [-0.3, -0.25) is 0 Å². The average Bonchev–Trinajstić information content (AvgIpc) is 2.64. The summed E-state index contributed by atoms with van der Waals surface area (Å²) >= 11 is 0. The molecule has 0 atom stereocenters. The highest BCUT2D eigenvalue weighted by molar-refractivity contribution is 5.55. The normalized spacial score (nSPS) is 9.75. The Morgan fingerprint density at radius 1 is 0.708 bits per heavy atom. The van der Waals surface area contributed by atoms with Gasteiger partial charge in [0.2, 0.25) is 0 Å². The van der Waals surface area contributed by atoms with Gasteiger partial charge in [-0.1, -0.05) is 48.5 Å². The highest BCUT2D eigenvalue weighted by Gasteiger charge is 2.09. The zero-order valence-corrected chi connectivity index (χ0v) is 12.9. The second-order valence-electron chi connectivity index (χ2n) is 5.31. The fourth-order valence-electron chi connectivity index (χ4n) is 2.46. The zero-order chi connectivity index (χ0) is 16.8. The van der Waals surface area contributed by atoms with Gasteiger partial charge in [-0.2, -0.15) is 10.5 Å². The Morgan fingerprint density at radius 2 is 1.42 bits per heavy atom. The molecule has 3 rings (SSSR count). The molecule has 0 spiro atoms. The Hall–Kier alpha value is -3.56. The van der Waals surface area contributed by atoms with Crippen molar-refractivity contribution in [3.8, 4) is 23.6 Å². The molecule has 0 aliphatic heterocycles. The summed E-state index contributed by atoms with van der Waals surface area (Å²) in [5.74, 6) is 1.03. The third-order valence-corrected chi connectivity index (χ3v) is 3.66. The quantitative estimate of drug-likeness (QED) is 0.694. The summed E-state index contributed by atoms with van der Waals surface area (Å²) < 4.78 is 5.77. The summed E-state index contributed by atoms with van der Waals surface area (Å²) in [4.78, 5) is 0. The van der Waals surface area contributed by atoms with Gasteiger partial charge in [0.25, 0.3) is 0 Å². The number of ether oxygens (including phenoxy) is 1. The third-order valence-electron chi connectivity index (χ3n) is 3.66. The van der Waals surface area contributed by atoms with E-state index in [1.807, 2.05) is 54.6 Å². The first kappa shape index (κ1) is 15.3. The van der Waals surface area contributed by atoms with E-state index in [4.69, 9.17) is 10.00 Å². The molecule has 3 aromatic carbocycles. The molecule has 0 radical (unpaired) electrons.